The molecule has 1 aromatic carbocycles. The molecular weight excluding hydrogens is 270 g/mol. The number of ether oxygens (including phenoxy) is 1. The number of aryl methyl sites for hydroxylation is 1. The molecule has 0 radical (unpaired) electrons. The van der Waals surface area contributed by atoms with Gasteiger partial charge in [-0.3, -0.25) is 4.79 Å². The lowest BCUT2D eigenvalue weighted by atomic mass is 10.2. The fourth-order valence-corrected chi connectivity index (χ4v) is 2.50. The molecule has 0 unspecified atom stereocenters. The van der Waals surface area contributed by atoms with Gasteiger partial charge in [0.25, 0.3) is 0 Å². The van der Waals surface area contributed by atoms with E-state index >= 15 is 0 Å². The Hall–Kier alpha value is -1.81. The molecule has 1 amide bonds. The molecule has 0 saturated carbocycles. The van der Waals surface area contributed by atoms with Crippen LogP contribution in [0.5, 0.6) is 5.75 Å². The van der Waals surface area contributed by atoms with Crippen LogP contribution in [0.25, 0.3) is 0 Å². The second kappa shape index (κ2) is 7.10. The van der Waals surface area contributed by atoms with Crippen molar-refractivity contribution in [1.29, 1.82) is 0 Å². The largest absolute Gasteiger partial charge is 0.491 e. The van der Waals surface area contributed by atoms with Gasteiger partial charge in [-0.25, -0.2) is 0 Å². The molecule has 0 aliphatic carbocycles. The number of rotatable bonds is 6. The van der Waals surface area contributed by atoms with E-state index in [9.17, 15) is 4.79 Å². The minimum Gasteiger partial charge on any atom is -0.491 e. The summed E-state index contributed by atoms with van der Waals surface area (Å²) < 4.78 is 5.65. The molecule has 4 heteroatoms. The van der Waals surface area contributed by atoms with Gasteiger partial charge < -0.3 is 10.1 Å². The zero-order valence-corrected chi connectivity index (χ0v) is 12.6. The highest BCUT2D eigenvalue weighted by molar-refractivity contribution is 7.10. The van der Waals surface area contributed by atoms with Crippen LogP contribution in [-0.2, 0) is 11.2 Å². The van der Waals surface area contributed by atoms with Crippen LogP contribution < -0.4 is 10.1 Å². The topological polar surface area (TPSA) is 38.3 Å². The van der Waals surface area contributed by atoms with Crippen molar-refractivity contribution in [3.63, 3.8) is 0 Å². The summed E-state index contributed by atoms with van der Waals surface area (Å²) in [6.07, 6.45) is 0.437. The van der Waals surface area contributed by atoms with Crippen molar-refractivity contribution < 1.29 is 9.53 Å². The zero-order valence-electron chi connectivity index (χ0n) is 11.8. The quantitative estimate of drug-likeness (QED) is 0.887. The van der Waals surface area contributed by atoms with Crippen molar-refractivity contribution >= 4 is 17.2 Å². The van der Waals surface area contributed by atoms with Crippen molar-refractivity contribution in [2.45, 2.75) is 26.3 Å². The van der Waals surface area contributed by atoms with Gasteiger partial charge in [-0.2, -0.15) is 0 Å². The number of hydrogen-bond donors (Lipinski definition) is 1. The second-order valence-electron chi connectivity index (χ2n) is 4.85. The maximum atomic E-state index is 11.8. The minimum atomic E-state index is -0.0104. The van der Waals surface area contributed by atoms with Gasteiger partial charge in [-0.1, -0.05) is 23.8 Å². The first-order chi connectivity index (χ1) is 9.63. The van der Waals surface area contributed by atoms with Gasteiger partial charge in [0.2, 0.25) is 5.91 Å². The number of nitrogens with one attached hydrogen (secondary N) is 1. The van der Waals surface area contributed by atoms with E-state index in [0.717, 1.165) is 10.6 Å². The maximum Gasteiger partial charge on any atom is 0.225 e. The molecule has 2 rings (SSSR count). The Balaban J connectivity index is 1.73. The van der Waals surface area contributed by atoms with E-state index in [1.807, 2.05) is 55.6 Å². The highest BCUT2D eigenvalue weighted by Gasteiger charge is 2.09. The molecule has 2 aromatic rings. The lowest BCUT2D eigenvalue weighted by molar-refractivity contribution is -0.121. The van der Waals surface area contributed by atoms with Crippen LogP contribution in [0.1, 0.15) is 17.4 Å². The summed E-state index contributed by atoms with van der Waals surface area (Å²) in [6, 6.07) is 11.8. The molecule has 0 aliphatic rings. The van der Waals surface area contributed by atoms with Crippen molar-refractivity contribution in [3.05, 3.63) is 52.2 Å². The summed E-state index contributed by atoms with van der Waals surface area (Å²) in [5.41, 5.74) is 1.20. The Morgan fingerprint density at radius 2 is 2.05 bits per heavy atom. The van der Waals surface area contributed by atoms with Gasteiger partial charge in [-0.15, -0.1) is 11.3 Å². The van der Waals surface area contributed by atoms with E-state index in [0.29, 0.717) is 13.0 Å². The highest BCUT2D eigenvalue weighted by Crippen LogP contribution is 2.12. The number of amides is 1. The van der Waals surface area contributed by atoms with Crippen LogP contribution in [0.15, 0.2) is 41.8 Å². The Morgan fingerprint density at radius 3 is 2.70 bits per heavy atom. The predicted molar refractivity (Wildman–Crippen MR) is 82.3 cm³/mol. The first kappa shape index (κ1) is 14.6. The molecule has 3 nitrogen and oxygen atoms in total. The van der Waals surface area contributed by atoms with Gasteiger partial charge in [-0.05, 0) is 37.4 Å². The first-order valence-corrected chi connectivity index (χ1v) is 7.52. The van der Waals surface area contributed by atoms with Crippen LogP contribution in [-0.4, -0.2) is 18.6 Å². The molecular formula is C16H19NO2S. The van der Waals surface area contributed by atoms with E-state index < -0.39 is 0 Å². The summed E-state index contributed by atoms with van der Waals surface area (Å²) in [5.74, 6) is 0.863. The van der Waals surface area contributed by atoms with Crippen molar-refractivity contribution in [1.82, 2.24) is 5.32 Å². The Kier molecular flexibility index (Phi) is 5.18. The number of benzene rings is 1. The van der Waals surface area contributed by atoms with E-state index in [1.54, 1.807) is 11.3 Å². The molecule has 1 heterocycles. The Labute approximate surface area is 123 Å². The molecule has 1 N–H and O–H groups in total. The second-order valence-corrected chi connectivity index (χ2v) is 5.88. The summed E-state index contributed by atoms with van der Waals surface area (Å²) >= 11 is 1.60. The average Bonchev–Trinajstić information content (AvgIpc) is 2.90. The number of thiophene rings is 1. The summed E-state index contributed by atoms with van der Waals surface area (Å²) in [7, 11) is 0. The van der Waals surface area contributed by atoms with Crippen molar-refractivity contribution in [2.75, 3.05) is 6.61 Å². The van der Waals surface area contributed by atoms with Gasteiger partial charge in [0.05, 0.1) is 12.5 Å². The molecule has 106 valence electrons. The SMILES string of the molecule is Cc1ccc(OC[C@@H](C)NC(=O)Cc2cccs2)cc1. The van der Waals surface area contributed by atoms with E-state index in [-0.39, 0.29) is 11.9 Å². The summed E-state index contributed by atoms with van der Waals surface area (Å²) in [4.78, 5) is 12.9. The number of carbonyl (C=O) groups is 1. The molecule has 0 bridgehead atoms. The van der Waals surface area contributed by atoms with Crippen LogP contribution in [0, 0.1) is 6.92 Å². The predicted octanol–water partition coefficient (Wildman–Crippen LogP) is 3.18. The minimum absolute atomic E-state index is 0.0104. The van der Waals surface area contributed by atoms with Gasteiger partial charge in [0, 0.05) is 4.88 Å². The highest BCUT2D eigenvalue weighted by atomic mass is 32.1. The van der Waals surface area contributed by atoms with Crippen LogP contribution >= 0.6 is 11.3 Å². The molecule has 1 aromatic heterocycles. The standard InChI is InChI=1S/C16H19NO2S/c1-12-5-7-14(8-6-12)19-11-13(2)17-16(18)10-15-4-3-9-20-15/h3-9,13H,10-11H2,1-2H3,(H,17,18)/t13-/m1/s1. The van der Waals surface area contributed by atoms with Gasteiger partial charge in [0.1, 0.15) is 12.4 Å². The zero-order chi connectivity index (χ0) is 14.4. The number of carbonyl (C=O) groups excluding carboxylic acids is 1. The van der Waals surface area contributed by atoms with E-state index in [4.69, 9.17) is 4.74 Å². The third kappa shape index (κ3) is 4.70. The maximum absolute atomic E-state index is 11.8. The fraction of sp³-hybridized carbons (Fsp3) is 0.312. The summed E-state index contributed by atoms with van der Waals surface area (Å²) in [6.45, 7) is 4.46. The molecule has 0 saturated heterocycles. The Morgan fingerprint density at radius 1 is 1.30 bits per heavy atom. The molecule has 20 heavy (non-hydrogen) atoms. The van der Waals surface area contributed by atoms with Crippen molar-refractivity contribution in [3.8, 4) is 5.75 Å². The third-order valence-corrected chi connectivity index (χ3v) is 3.72. The van der Waals surface area contributed by atoms with E-state index in [1.165, 1.54) is 5.56 Å². The number of hydrogen-bond acceptors (Lipinski definition) is 3. The Bertz CT molecular complexity index is 534. The normalized spacial score (nSPS) is 11.9. The average molecular weight is 289 g/mol. The molecule has 1 atom stereocenters. The smallest absolute Gasteiger partial charge is 0.225 e. The molecule has 0 spiro atoms. The fourth-order valence-electron chi connectivity index (χ4n) is 1.79. The summed E-state index contributed by atoms with van der Waals surface area (Å²) in [5, 5.41) is 4.92. The van der Waals surface area contributed by atoms with Crippen molar-refractivity contribution in [2.24, 2.45) is 0 Å². The lowest BCUT2D eigenvalue weighted by Gasteiger charge is -2.15. The van der Waals surface area contributed by atoms with Crippen LogP contribution in [0.4, 0.5) is 0 Å². The van der Waals surface area contributed by atoms with Crippen LogP contribution in [0.2, 0.25) is 0 Å². The van der Waals surface area contributed by atoms with E-state index in [2.05, 4.69) is 5.32 Å². The van der Waals surface area contributed by atoms with Gasteiger partial charge in [0.15, 0.2) is 0 Å². The first-order valence-electron chi connectivity index (χ1n) is 6.64. The lowest BCUT2D eigenvalue weighted by Crippen LogP contribution is -2.37. The molecule has 0 fully saturated rings. The monoisotopic (exact) mass is 289 g/mol. The van der Waals surface area contributed by atoms with Gasteiger partial charge >= 0.3 is 0 Å². The molecule has 0 aliphatic heterocycles. The van der Waals surface area contributed by atoms with Crippen LogP contribution in [0.3, 0.4) is 0 Å². The third-order valence-electron chi connectivity index (χ3n) is 2.84.